The molecule has 2 aromatic rings. The summed E-state index contributed by atoms with van der Waals surface area (Å²) in [6.45, 7) is 9.17. The number of nitrogens with zero attached hydrogens (tertiary/aromatic N) is 3. The fourth-order valence-electron chi connectivity index (χ4n) is 4.16. The second kappa shape index (κ2) is 10.8. The minimum Gasteiger partial charge on any atom is -0.342 e. The van der Waals surface area contributed by atoms with Gasteiger partial charge >= 0.3 is 0 Å². The predicted molar refractivity (Wildman–Crippen MR) is 130 cm³/mol. The molecule has 34 heavy (non-hydrogen) atoms. The summed E-state index contributed by atoms with van der Waals surface area (Å²) in [5.74, 6) is -1.09. The number of benzene rings is 1. The SMILES string of the molecule is CCCCCn1nc(C(=O)NNC(=O)C2CCN(C(=O)C(C)(C)C)CC2)c2ccccc2c1=O. The molecule has 9 nitrogen and oxygen atoms in total. The van der Waals surface area contributed by atoms with Crippen LogP contribution in [0.2, 0.25) is 0 Å². The Labute approximate surface area is 199 Å². The van der Waals surface area contributed by atoms with Crippen LogP contribution in [-0.4, -0.2) is 45.5 Å². The zero-order valence-corrected chi connectivity index (χ0v) is 20.5. The zero-order valence-electron chi connectivity index (χ0n) is 20.5. The number of hydrazine groups is 1. The summed E-state index contributed by atoms with van der Waals surface area (Å²) in [6.07, 6.45) is 3.82. The van der Waals surface area contributed by atoms with Gasteiger partial charge in [-0.15, -0.1) is 0 Å². The molecule has 0 spiro atoms. The lowest BCUT2D eigenvalue weighted by Crippen LogP contribution is -2.50. The first-order valence-electron chi connectivity index (χ1n) is 12.0. The van der Waals surface area contributed by atoms with Crippen molar-refractivity contribution >= 4 is 28.5 Å². The molecule has 0 saturated carbocycles. The Morgan fingerprint density at radius 3 is 2.29 bits per heavy atom. The number of fused-ring (bicyclic) bond motifs is 1. The molecule has 1 aliphatic heterocycles. The second-order valence-corrected chi connectivity index (χ2v) is 9.89. The first kappa shape index (κ1) is 25.4. The fraction of sp³-hybridized carbons (Fsp3) is 0.560. The number of aryl methyl sites for hydroxylation is 1. The average Bonchev–Trinajstić information content (AvgIpc) is 2.83. The summed E-state index contributed by atoms with van der Waals surface area (Å²) in [5, 5.41) is 5.17. The zero-order chi connectivity index (χ0) is 24.9. The minimum atomic E-state index is -0.575. The Kier molecular flexibility index (Phi) is 8.06. The molecule has 0 atom stereocenters. The fourth-order valence-corrected chi connectivity index (χ4v) is 4.16. The van der Waals surface area contributed by atoms with Gasteiger partial charge in [0.25, 0.3) is 11.5 Å². The topological polar surface area (TPSA) is 113 Å². The third-order valence-electron chi connectivity index (χ3n) is 6.15. The van der Waals surface area contributed by atoms with Crippen molar-refractivity contribution in [2.75, 3.05) is 13.1 Å². The largest absolute Gasteiger partial charge is 0.342 e. The van der Waals surface area contributed by atoms with Gasteiger partial charge in [0.05, 0.1) is 5.39 Å². The standard InChI is InChI=1S/C25H35N5O4/c1-5-6-9-14-30-23(33)19-11-8-7-10-18(19)20(28-30)22(32)27-26-21(31)17-12-15-29(16-13-17)24(34)25(2,3)4/h7-8,10-11,17H,5-6,9,12-16H2,1-4H3,(H,26,31)(H,27,32). The van der Waals surface area contributed by atoms with Crippen molar-refractivity contribution in [1.82, 2.24) is 25.5 Å². The van der Waals surface area contributed by atoms with E-state index in [4.69, 9.17) is 0 Å². The monoisotopic (exact) mass is 469 g/mol. The van der Waals surface area contributed by atoms with Crippen molar-refractivity contribution in [3.05, 3.63) is 40.3 Å². The van der Waals surface area contributed by atoms with E-state index < -0.39 is 11.3 Å². The molecule has 0 aliphatic carbocycles. The number of likely N-dealkylation sites (tertiary alicyclic amines) is 1. The van der Waals surface area contributed by atoms with E-state index in [1.165, 1.54) is 4.68 Å². The van der Waals surface area contributed by atoms with Crippen LogP contribution in [0.25, 0.3) is 10.8 Å². The molecule has 184 valence electrons. The van der Waals surface area contributed by atoms with Crippen molar-refractivity contribution in [3.63, 3.8) is 0 Å². The van der Waals surface area contributed by atoms with Crippen LogP contribution in [0.15, 0.2) is 29.1 Å². The van der Waals surface area contributed by atoms with Gasteiger partial charge in [0.1, 0.15) is 0 Å². The smallest absolute Gasteiger partial charge is 0.290 e. The first-order chi connectivity index (χ1) is 16.1. The van der Waals surface area contributed by atoms with Crippen LogP contribution in [0.5, 0.6) is 0 Å². The highest BCUT2D eigenvalue weighted by atomic mass is 16.2. The van der Waals surface area contributed by atoms with E-state index >= 15 is 0 Å². The number of piperidine rings is 1. The van der Waals surface area contributed by atoms with Crippen LogP contribution in [0.3, 0.4) is 0 Å². The number of unbranched alkanes of at least 4 members (excludes halogenated alkanes) is 2. The van der Waals surface area contributed by atoms with Gasteiger partial charge in [-0.2, -0.15) is 5.10 Å². The van der Waals surface area contributed by atoms with Crippen LogP contribution in [0.1, 0.15) is 70.3 Å². The lowest BCUT2D eigenvalue weighted by Gasteiger charge is -2.35. The molecule has 1 aromatic heterocycles. The molecule has 1 aromatic carbocycles. The number of hydrogen-bond donors (Lipinski definition) is 2. The van der Waals surface area contributed by atoms with Crippen LogP contribution < -0.4 is 16.4 Å². The molecule has 1 aliphatic rings. The molecule has 0 radical (unpaired) electrons. The number of rotatable bonds is 6. The molecule has 2 N–H and O–H groups in total. The van der Waals surface area contributed by atoms with E-state index in [2.05, 4.69) is 22.9 Å². The van der Waals surface area contributed by atoms with E-state index in [0.29, 0.717) is 43.2 Å². The summed E-state index contributed by atoms with van der Waals surface area (Å²) in [5.41, 5.74) is 4.38. The maximum atomic E-state index is 12.9. The Bertz CT molecular complexity index is 1110. The Morgan fingerprint density at radius 2 is 1.68 bits per heavy atom. The number of amides is 3. The Hall–Kier alpha value is -3.23. The normalized spacial score (nSPS) is 14.8. The third-order valence-corrected chi connectivity index (χ3v) is 6.15. The van der Waals surface area contributed by atoms with Crippen molar-refractivity contribution in [2.45, 2.75) is 66.3 Å². The molecule has 1 fully saturated rings. The van der Waals surface area contributed by atoms with Gasteiger partial charge in [-0.1, -0.05) is 58.7 Å². The first-order valence-corrected chi connectivity index (χ1v) is 12.0. The molecular weight excluding hydrogens is 434 g/mol. The summed E-state index contributed by atoms with van der Waals surface area (Å²) in [6, 6.07) is 6.85. The van der Waals surface area contributed by atoms with Crippen molar-refractivity contribution < 1.29 is 14.4 Å². The maximum Gasteiger partial charge on any atom is 0.290 e. The summed E-state index contributed by atoms with van der Waals surface area (Å²) >= 11 is 0. The average molecular weight is 470 g/mol. The van der Waals surface area contributed by atoms with Gasteiger partial charge in [0.2, 0.25) is 11.8 Å². The van der Waals surface area contributed by atoms with Crippen LogP contribution in [0.4, 0.5) is 0 Å². The number of carbonyl (C=O) groups excluding carboxylic acids is 3. The van der Waals surface area contributed by atoms with Gasteiger partial charge in [0.15, 0.2) is 5.69 Å². The van der Waals surface area contributed by atoms with Crippen LogP contribution in [-0.2, 0) is 16.1 Å². The van der Waals surface area contributed by atoms with E-state index in [0.717, 1.165) is 19.3 Å². The van der Waals surface area contributed by atoms with Crippen LogP contribution >= 0.6 is 0 Å². The third kappa shape index (κ3) is 5.81. The molecule has 0 unspecified atom stereocenters. The van der Waals surface area contributed by atoms with E-state index in [9.17, 15) is 19.2 Å². The number of hydrogen-bond acceptors (Lipinski definition) is 5. The molecule has 2 heterocycles. The second-order valence-electron chi connectivity index (χ2n) is 9.89. The molecule has 0 bridgehead atoms. The summed E-state index contributed by atoms with van der Waals surface area (Å²) < 4.78 is 1.33. The number of carbonyl (C=O) groups is 3. The highest BCUT2D eigenvalue weighted by Crippen LogP contribution is 2.23. The van der Waals surface area contributed by atoms with E-state index in [1.807, 2.05) is 20.8 Å². The Balaban J connectivity index is 1.66. The van der Waals surface area contributed by atoms with Crippen LogP contribution in [0, 0.1) is 11.3 Å². The maximum absolute atomic E-state index is 12.9. The van der Waals surface area contributed by atoms with Gasteiger partial charge in [-0.3, -0.25) is 30.0 Å². The lowest BCUT2D eigenvalue weighted by molar-refractivity contribution is -0.142. The minimum absolute atomic E-state index is 0.0756. The molecule has 1 saturated heterocycles. The van der Waals surface area contributed by atoms with Gasteiger partial charge in [0, 0.05) is 36.4 Å². The van der Waals surface area contributed by atoms with Crippen molar-refractivity contribution in [1.29, 1.82) is 0 Å². The summed E-state index contributed by atoms with van der Waals surface area (Å²) in [4.78, 5) is 52.6. The van der Waals surface area contributed by atoms with E-state index in [1.54, 1.807) is 29.2 Å². The molecule has 9 heteroatoms. The predicted octanol–water partition coefficient (Wildman–Crippen LogP) is 2.63. The Morgan fingerprint density at radius 1 is 1.03 bits per heavy atom. The summed E-state index contributed by atoms with van der Waals surface area (Å²) in [7, 11) is 0. The molecular formula is C25H35N5O4. The van der Waals surface area contributed by atoms with Gasteiger partial charge in [-0.25, -0.2) is 4.68 Å². The van der Waals surface area contributed by atoms with E-state index in [-0.39, 0.29) is 29.0 Å². The lowest BCUT2D eigenvalue weighted by atomic mass is 9.91. The highest BCUT2D eigenvalue weighted by molar-refractivity contribution is 6.05. The number of aromatic nitrogens is 2. The van der Waals surface area contributed by atoms with Crippen molar-refractivity contribution in [2.24, 2.45) is 11.3 Å². The quantitative estimate of drug-likeness (QED) is 0.499. The highest BCUT2D eigenvalue weighted by Gasteiger charge is 2.32. The molecule has 3 amide bonds. The van der Waals surface area contributed by atoms with Crippen molar-refractivity contribution in [3.8, 4) is 0 Å². The molecule has 3 rings (SSSR count). The van der Waals surface area contributed by atoms with Gasteiger partial charge in [-0.05, 0) is 25.3 Å². The van der Waals surface area contributed by atoms with Gasteiger partial charge < -0.3 is 4.90 Å². The number of nitrogens with one attached hydrogen (secondary N) is 2.